The van der Waals surface area contributed by atoms with Crippen LogP contribution in [0.2, 0.25) is 0 Å². The van der Waals surface area contributed by atoms with E-state index >= 15 is 0 Å². The third kappa shape index (κ3) is 3.08. The molecule has 2 rings (SSSR count). The zero-order chi connectivity index (χ0) is 13.0. The molecule has 0 atom stereocenters. The Morgan fingerprint density at radius 1 is 1.11 bits per heavy atom. The fourth-order valence-electron chi connectivity index (χ4n) is 1.65. The summed E-state index contributed by atoms with van der Waals surface area (Å²) in [5, 5.41) is 8.89. The maximum atomic E-state index is 8.89. The average molecular weight is 243 g/mol. The largest absolute Gasteiger partial charge is 0.487 e. The van der Waals surface area contributed by atoms with Crippen LogP contribution >= 0.6 is 0 Å². The number of pyridine rings is 1. The number of nitrogens with zero attached hydrogens (tertiary/aromatic N) is 1. The Hall–Kier alpha value is -1.87. The molecule has 0 unspecified atom stereocenters. The van der Waals surface area contributed by atoms with Gasteiger partial charge in [0.25, 0.3) is 0 Å². The van der Waals surface area contributed by atoms with Gasteiger partial charge in [-0.15, -0.1) is 0 Å². The van der Waals surface area contributed by atoms with Gasteiger partial charge in [0, 0.05) is 0 Å². The molecule has 0 radical (unpaired) electrons. The first kappa shape index (κ1) is 12.6. The first-order valence-electron chi connectivity index (χ1n) is 5.94. The second kappa shape index (κ2) is 5.65. The van der Waals surface area contributed by atoms with Crippen LogP contribution in [0, 0.1) is 13.8 Å². The van der Waals surface area contributed by atoms with Crippen molar-refractivity contribution in [3.63, 3.8) is 0 Å². The summed E-state index contributed by atoms with van der Waals surface area (Å²) in [5.74, 6) is 0.713. The SMILES string of the molecule is Cc1ccc(COc2ccc(CO)nc2)cc1C. The van der Waals surface area contributed by atoms with Crippen molar-refractivity contribution in [3.8, 4) is 5.75 Å². The van der Waals surface area contributed by atoms with Gasteiger partial charge in [0.15, 0.2) is 0 Å². The normalized spacial score (nSPS) is 10.4. The van der Waals surface area contributed by atoms with Crippen LogP contribution in [0.25, 0.3) is 0 Å². The van der Waals surface area contributed by atoms with Crippen molar-refractivity contribution in [1.29, 1.82) is 0 Å². The minimum absolute atomic E-state index is 0.0442. The highest BCUT2D eigenvalue weighted by Crippen LogP contribution is 2.14. The van der Waals surface area contributed by atoms with E-state index in [1.54, 1.807) is 12.3 Å². The quantitative estimate of drug-likeness (QED) is 0.897. The minimum atomic E-state index is -0.0442. The molecule has 1 aromatic carbocycles. The molecule has 0 aliphatic rings. The van der Waals surface area contributed by atoms with Crippen LogP contribution in [-0.2, 0) is 13.2 Å². The van der Waals surface area contributed by atoms with Crippen LogP contribution in [-0.4, -0.2) is 10.1 Å². The Balaban J connectivity index is 1.99. The molecule has 1 aromatic heterocycles. The molecule has 0 aliphatic heterocycles. The van der Waals surface area contributed by atoms with Crippen LogP contribution in [0.1, 0.15) is 22.4 Å². The van der Waals surface area contributed by atoms with Crippen LogP contribution in [0.3, 0.4) is 0 Å². The number of rotatable bonds is 4. The topological polar surface area (TPSA) is 42.4 Å². The number of aryl methyl sites for hydroxylation is 2. The van der Waals surface area contributed by atoms with E-state index in [-0.39, 0.29) is 6.61 Å². The lowest BCUT2D eigenvalue weighted by Crippen LogP contribution is -1.97. The number of hydrogen-bond acceptors (Lipinski definition) is 3. The Morgan fingerprint density at radius 3 is 2.56 bits per heavy atom. The molecule has 3 heteroatoms. The smallest absolute Gasteiger partial charge is 0.138 e. The fourth-order valence-corrected chi connectivity index (χ4v) is 1.65. The monoisotopic (exact) mass is 243 g/mol. The summed E-state index contributed by atoms with van der Waals surface area (Å²) in [6.45, 7) is 4.67. The number of hydrogen-bond donors (Lipinski definition) is 1. The van der Waals surface area contributed by atoms with Crippen LogP contribution < -0.4 is 4.74 Å². The number of aromatic nitrogens is 1. The predicted octanol–water partition coefficient (Wildman–Crippen LogP) is 2.77. The molecule has 0 bridgehead atoms. The second-order valence-electron chi connectivity index (χ2n) is 4.35. The first-order chi connectivity index (χ1) is 8.69. The highest BCUT2D eigenvalue weighted by atomic mass is 16.5. The van der Waals surface area contributed by atoms with Gasteiger partial charge in [-0.25, -0.2) is 0 Å². The van der Waals surface area contributed by atoms with Crippen molar-refractivity contribution in [2.75, 3.05) is 0 Å². The average Bonchev–Trinajstić information content (AvgIpc) is 2.41. The number of aliphatic hydroxyl groups is 1. The van der Waals surface area contributed by atoms with Crippen molar-refractivity contribution in [2.24, 2.45) is 0 Å². The molecule has 1 N–H and O–H groups in total. The zero-order valence-electron chi connectivity index (χ0n) is 10.7. The molecule has 94 valence electrons. The van der Waals surface area contributed by atoms with Crippen molar-refractivity contribution < 1.29 is 9.84 Å². The summed E-state index contributed by atoms with van der Waals surface area (Å²) in [7, 11) is 0. The molecule has 1 heterocycles. The summed E-state index contributed by atoms with van der Waals surface area (Å²) < 4.78 is 5.64. The summed E-state index contributed by atoms with van der Waals surface area (Å²) in [6.07, 6.45) is 1.63. The van der Waals surface area contributed by atoms with Gasteiger partial charge in [-0.1, -0.05) is 18.2 Å². The molecular weight excluding hydrogens is 226 g/mol. The summed E-state index contributed by atoms with van der Waals surface area (Å²) >= 11 is 0. The van der Waals surface area contributed by atoms with Crippen LogP contribution in [0.4, 0.5) is 0 Å². The molecule has 18 heavy (non-hydrogen) atoms. The Kier molecular flexibility index (Phi) is 3.95. The van der Waals surface area contributed by atoms with Gasteiger partial charge in [0.05, 0.1) is 18.5 Å². The van der Waals surface area contributed by atoms with E-state index in [4.69, 9.17) is 9.84 Å². The number of aliphatic hydroxyl groups excluding tert-OH is 1. The summed E-state index contributed by atoms with van der Waals surface area (Å²) in [6, 6.07) is 9.87. The van der Waals surface area contributed by atoms with Gasteiger partial charge >= 0.3 is 0 Å². The number of ether oxygens (including phenoxy) is 1. The van der Waals surface area contributed by atoms with E-state index in [1.165, 1.54) is 11.1 Å². The third-order valence-corrected chi connectivity index (χ3v) is 2.94. The summed E-state index contributed by atoms with van der Waals surface area (Å²) in [5.41, 5.74) is 4.34. The molecular formula is C15H17NO2. The van der Waals surface area contributed by atoms with Crippen molar-refractivity contribution in [2.45, 2.75) is 27.1 Å². The molecule has 0 fully saturated rings. The maximum absolute atomic E-state index is 8.89. The van der Waals surface area contributed by atoms with E-state index in [0.29, 0.717) is 18.1 Å². The Bertz CT molecular complexity index is 521. The van der Waals surface area contributed by atoms with Crippen LogP contribution in [0.5, 0.6) is 5.75 Å². The molecule has 0 aliphatic carbocycles. The van der Waals surface area contributed by atoms with E-state index in [0.717, 1.165) is 5.56 Å². The molecule has 0 saturated carbocycles. The first-order valence-corrected chi connectivity index (χ1v) is 5.94. The molecule has 0 saturated heterocycles. The molecule has 0 amide bonds. The van der Waals surface area contributed by atoms with E-state index < -0.39 is 0 Å². The zero-order valence-corrected chi connectivity index (χ0v) is 10.7. The van der Waals surface area contributed by atoms with Crippen molar-refractivity contribution >= 4 is 0 Å². The van der Waals surface area contributed by atoms with Crippen molar-refractivity contribution in [1.82, 2.24) is 4.98 Å². The lowest BCUT2D eigenvalue weighted by atomic mass is 10.1. The predicted molar refractivity (Wildman–Crippen MR) is 70.4 cm³/mol. The Labute approximate surface area is 107 Å². The minimum Gasteiger partial charge on any atom is -0.487 e. The van der Waals surface area contributed by atoms with E-state index in [9.17, 15) is 0 Å². The number of benzene rings is 1. The van der Waals surface area contributed by atoms with Gasteiger partial charge in [0.1, 0.15) is 12.4 Å². The molecule has 3 nitrogen and oxygen atoms in total. The van der Waals surface area contributed by atoms with Crippen LogP contribution in [0.15, 0.2) is 36.5 Å². The third-order valence-electron chi connectivity index (χ3n) is 2.94. The summed E-state index contributed by atoms with van der Waals surface area (Å²) in [4.78, 5) is 4.07. The van der Waals surface area contributed by atoms with Crippen molar-refractivity contribution in [3.05, 3.63) is 58.9 Å². The Morgan fingerprint density at radius 2 is 1.94 bits per heavy atom. The van der Waals surface area contributed by atoms with Gasteiger partial charge in [-0.2, -0.15) is 0 Å². The molecule has 0 spiro atoms. The lowest BCUT2D eigenvalue weighted by molar-refractivity contribution is 0.275. The van der Waals surface area contributed by atoms with E-state index in [1.807, 2.05) is 6.07 Å². The second-order valence-corrected chi connectivity index (χ2v) is 4.35. The van der Waals surface area contributed by atoms with Gasteiger partial charge in [-0.05, 0) is 42.7 Å². The highest BCUT2D eigenvalue weighted by molar-refractivity contribution is 5.30. The van der Waals surface area contributed by atoms with Gasteiger partial charge < -0.3 is 9.84 Å². The molecule has 2 aromatic rings. The fraction of sp³-hybridized carbons (Fsp3) is 0.267. The van der Waals surface area contributed by atoms with Gasteiger partial charge in [-0.3, -0.25) is 4.98 Å². The highest BCUT2D eigenvalue weighted by Gasteiger charge is 1.99. The lowest BCUT2D eigenvalue weighted by Gasteiger charge is -2.08. The standard InChI is InChI=1S/C15H17NO2/c1-11-3-4-13(7-12(11)2)10-18-15-6-5-14(9-17)16-8-15/h3-8,17H,9-10H2,1-2H3. The maximum Gasteiger partial charge on any atom is 0.138 e. The van der Waals surface area contributed by atoms with E-state index in [2.05, 4.69) is 37.0 Å². The van der Waals surface area contributed by atoms with Gasteiger partial charge in [0.2, 0.25) is 0 Å².